The lowest BCUT2D eigenvalue weighted by molar-refractivity contribution is 0.279. The first kappa shape index (κ1) is 17.8. The predicted octanol–water partition coefficient (Wildman–Crippen LogP) is 5.61. The number of nitrogens with zero attached hydrogens (tertiary/aromatic N) is 4. The fourth-order valence-electron chi connectivity index (χ4n) is 3.21. The number of piperidine rings is 1. The first-order valence-electron chi connectivity index (χ1n) is 8.47. The Hall–Kier alpha value is -1.56. The van der Waals surface area contributed by atoms with Crippen molar-refractivity contribution in [2.24, 2.45) is 5.41 Å². The summed E-state index contributed by atoms with van der Waals surface area (Å²) in [7, 11) is 0. The van der Waals surface area contributed by atoms with Crippen molar-refractivity contribution in [3.8, 4) is 11.3 Å². The van der Waals surface area contributed by atoms with E-state index >= 15 is 0 Å². The van der Waals surface area contributed by atoms with Crippen LogP contribution in [-0.2, 0) is 0 Å². The molecule has 0 atom stereocenters. The lowest BCUT2D eigenvalue weighted by Crippen LogP contribution is -2.38. The Balaban J connectivity index is 1.75. The van der Waals surface area contributed by atoms with Gasteiger partial charge in [0.1, 0.15) is 5.52 Å². The molecule has 1 fully saturated rings. The SMILES string of the molecule is CC1(C)CCN(c2nc3n[nH]c(-c4cccc(Cl)c4Cl)c3nc2Cl)CC1. The van der Waals surface area contributed by atoms with Crippen LogP contribution in [0.5, 0.6) is 0 Å². The summed E-state index contributed by atoms with van der Waals surface area (Å²) in [6.45, 7) is 6.39. The standard InChI is InChI=1S/C18H18Cl3N5/c1-18(2)6-8-26(9-7-18)17-15(21)22-14-13(24-25-16(14)23-17)10-4-3-5-11(19)12(10)20/h3-5H,6-9H2,1-2H3,(H,23,24,25). The van der Waals surface area contributed by atoms with Gasteiger partial charge in [0.05, 0.1) is 15.7 Å². The van der Waals surface area contributed by atoms with Crippen molar-refractivity contribution in [3.63, 3.8) is 0 Å². The molecule has 1 aliphatic rings. The summed E-state index contributed by atoms with van der Waals surface area (Å²) in [6.07, 6.45) is 2.18. The van der Waals surface area contributed by atoms with Crippen molar-refractivity contribution in [1.29, 1.82) is 0 Å². The highest BCUT2D eigenvalue weighted by atomic mass is 35.5. The Morgan fingerprint density at radius 3 is 2.54 bits per heavy atom. The van der Waals surface area contributed by atoms with E-state index in [2.05, 4.69) is 38.9 Å². The number of rotatable bonds is 2. The molecule has 2 aromatic heterocycles. The first-order valence-corrected chi connectivity index (χ1v) is 9.60. The zero-order chi connectivity index (χ0) is 18.5. The Labute approximate surface area is 166 Å². The summed E-state index contributed by atoms with van der Waals surface area (Å²) in [5, 5.41) is 8.57. The number of fused-ring (bicyclic) bond motifs is 1. The number of nitrogens with one attached hydrogen (secondary N) is 1. The van der Waals surface area contributed by atoms with Crippen molar-refractivity contribution in [1.82, 2.24) is 20.2 Å². The van der Waals surface area contributed by atoms with Gasteiger partial charge in [0, 0.05) is 18.7 Å². The average Bonchev–Trinajstić information content (AvgIpc) is 2.99. The van der Waals surface area contributed by atoms with Gasteiger partial charge in [-0.1, -0.05) is 60.8 Å². The van der Waals surface area contributed by atoms with Gasteiger partial charge in [-0.3, -0.25) is 5.10 Å². The zero-order valence-corrected chi connectivity index (χ0v) is 16.8. The van der Waals surface area contributed by atoms with Gasteiger partial charge in [0.15, 0.2) is 11.0 Å². The van der Waals surface area contributed by atoms with Crippen LogP contribution < -0.4 is 4.90 Å². The highest BCUT2D eigenvalue weighted by molar-refractivity contribution is 6.43. The van der Waals surface area contributed by atoms with Crippen molar-refractivity contribution < 1.29 is 0 Å². The molecule has 3 heterocycles. The van der Waals surface area contributed by atoms with Crippen LogP contribution in [0.4, 0.5) is 5.82 Å². The van der Waals surface area contributed by atoms with E-state index in [0.717, 1.165) is 31.5 Å². The molecule has 1 saturated heterocycles. The number of hydrogen-bond acceptors (Lipinski definition) is 4. The molecule has 1 aromatic carbocycles. The minimum atomic E-state index is 0.351. The first-order chi connectivity index (χ1) is 12.4. The average molecular weight is 411 g/mol. The summed E-state index contributed by atoms with van der Waals surface area (Å²) in [5.41, 5.74) is 2.83. The summed E-state index contributed by atoms with van der Waals surface area (Å²) < 4.78 is 0. The van der Waals surface area contributed by atoms with Crippen LogP contribution in [0.15, 0.2) is 18.2 Å². The third-order valence-electron chi connectivity index (χ3n) is 4.97. The monoisotopic (exact) mass is 409 g/mol. The van der Waals surface area contributed by atoms with Gasteiger partial charge >= 0.3 is 0 Å². The molecule has 0 spiro atoms. The molecule has 26 heavy (non-hydrogen) atoms. The van der Waals surface area contributed by atoms with Crippen molar-refractivity contribution >= 4 is 51.8 Å². The molecule has 0 amide bonds. The molecule has 5 nitrogen and oxygen atoms in total. The van der Waals surface area contributed by atoms with Crippen LogP contribution in [-0.4, -0.2) is 33.3 Å². The van der Waals surface area contributed by atoms with Crippen LogP contribution >= 0.6 is 34.8 Å². The highest BCUT2D eigenvalue weighted by Gasteiger charge is 2.28. The van der Waals surface area contributed by atoms with Crippen LogP contribution in [0.2, 0.25) is 15.2 Å². The van der Waals surface area contributed by atoms with Gasteiger partial charge in [-0.15, -0.1) is 0 Å². The lowest BCUT2D eigenvalue weighted by Gasteiger charge is -2.37. The van der Waals surface area contributed by atoms with E-state index in [4.69, 9.17) is 34.8 Å². The number of aromatic nitrogens is 4. The minimum Gasteiger partial charge on any atom is -0.354 e. The van der Waals surface area contributed by atoms with Gasteiger partial charge < -0.3 is 4.90 Å². The zero-order valence-electron chi connectivity index (χ0n) is 14.5. The van der Waals surface area contributed by atoms with E-state index in [9.17, 15) is 0 Å². The third-order valence-corrected chi connectivity index (χ3v) is 6.04. The van der Waals surface area contributed by atoms with E-state index in [1.165, 1.54) is 0 Å². The predicted molar refractivity (Wildman–Crippen MR) is 107 cm³/mol. The summed E-state index contributed by atoms with van der Waals surface area (Å²) in [6, 6.07) is 5.42. The van der Waals surface area contributed by atoms with Crippen molar-refractivity contribution in [2.45, 2.75) is 26.7 Å². The van der Waals surface area contributed by atoms with Gasteiger partial charge in [-0.25, -0.2) is 9.97 Å². The molecular formula is C18H18Cl3N5. The van der Waals surface area contributed by atoms with Crippen LogP contribution in [0.1, 0.15) is 26.7 Å². The molecule has 0 aliphatic carbocycles. The summed E-state index contributed by atoms with van der Waals surface area (Å²) in [5.74, 6) is 0.685. The molecule has 0 bridgehead atoms. The molecule has 136 valence electrons. The van der Waals surface area contributed by atoms with E-state index in [1.54, 1.807) is 6.07 Å². The maximum Gasteiger partial charge on any atom is 0.202 e. The Morgan fingerprint density at radius 1 is 1.08 bits per heavy atom. The number of aromatic amines is 1. The number of benzene rings is 1. The normalized spacial score (nSPS) is 17.0. The Morgan fingerprint density at radius 2 is 1.81 bits per heavy atom. The third kappa shape index (κ3) is 3.13. The molecule has 4 rings (SSSR count). The van der Waals surface area contributed by atoms with Gasteiger partial charge in [0.25, 0.3) is 0 Å². The smallest absolute Gasteiger partial charge is 0.202 e. The molecule has 0 radical (unpaired) electrons. The second-order valence-electron chi connectivity index (χ2n) is 7.36. The molecule has 3 aromatic rings. The Bertz CT molecular complexity index is 972. The van der Waals surface area contributed by atoms with E-state index < -0.39 is 0 Å². The van der Waals surface area contributed by atoms with E-state index in [-0.39, 0.29) is 0 Å². The van der Waals surface area contributed by atoms with Crippen molar-refractivity contribution in [2.75, 3.05) is 18.0 Å². The van der Waals surface area contributed by atoms with Gasteiger partial charge in [-0.05, 0) is 24.3 Å². The number of hydrogen-bond donors (Lipinski definition) is 1. The maximum absolute atomic E-state index is 6.48. The number of H-pyrrole nitrogens is 1. The minimum absolute atomic E-state index is 0.351. The van der Waals surface area contributed by atoms with Gasteiger partial charge in [0.2, 0.25) is 5.65 Å². The maximum atomic E-state index is 6.48. The van der Waals surface area contributed by atoms with Crippen molar-refractivity contribution in [3.05, 3.63) is 33.4 Å². The largest absolute Gasteiger partial charge is 0.354 e. The number of halogens is 3. The van der Waals surface area contributed by atoms with Crippen LogP contribution in [0.25, 0.3) is 22.4 Å². The fraction of sp³-hybridized carbons (Fsp3) is 0.389. The highest BCUT2D eigenvalue weighted by Crippen LogP contribution is 2.37. The quantitative estimate of drug-likeness (QED) is 0.597. The second kappa shape index (κ2) is 6.55. The molecule has 0 saturated carbocycles. The molecule has 8 heteroatoms. The second-order valence-corrected chi connectivity index (χ2v) is 8.50. The van der Waals surface area contributed by atoms with Gasteiger partial charge in [-0.2, -0.15) is 5.10 Å². The van der Waals surface area contributed by atoms with Crippen LogP contribution in [0.3, 0.4) is 0 Å². The van der Waals surface area contributed by atoms with Crippen LogP contribution in [0, 0.1) is 5.41 Å². The molecule has 0 unspecified atom stereocenters. The molecular weight excluding hydrogens is 393 g/mol. The van der Waals surface area contributed by atoms with E-state index in [0.29, 0.717) is 43.3 Å². The molecule has 1 N–H and O–H groups in total. The van der Waals surface area contributed by atoms with E-state index in [1.807, 2.05) is 12.1 Å². The fourth-order valence-corrected chi connectivity index (χ4v) is 3.86. The summed E-state index contributed by atoms with van der Waals surface area (Å²) in [4.78, 5) is 11.4. The number of anilines is 1. The topological polar surface area (TPSA) is 57.7 Å². The lowest BCUT2D eigenvalue weighted by atomic mass is 9.83. The molecule has 1 aliphatic heterocycles. The summed E-state index contributed by atoms with van der Waals surface area (Å²) >= 11 is 18.9. The Kier molecular flexibility index (Phi) is 4.49.